The second-order valence-corrected chi connectivity index (χ2v) is 6.71. The number of aromatic nitrogens is 1. The number of anilines is 1. The van der Waals surface area contributed by atoms with Gasteiger partial charge < -0.3 is 21.3 Å². The molecule has 3 rings (SSSR count). The highest BCUT2D eigenvalue weighted by molar-refractivity contribution is 5.89. The number of carbonyl (C=O) groups is 2. The zero-order chi connectivity index (χ0) is 18.9. The van der Waals surface area contributed by atoms with Gasteiger partial charge in [0.2, 0.25) is 5.91 Å². The number of urea groups is 1. The van der Waals surface area contributed by atoms with Gasteiger partial charge in [-0.3, -0.25) is 9.78 Å². The number of hydrogen-bond acceptors (Lipinski definition) is 4. The van der Waals surface area contributed by atoms with Gasteiger partial charge in [0.25, 0.3) is 0 Å². The van der Waals surface area contributed by atoms with E-state index in [-0.39, 0.29) is 11.9 Å². The van der Waals surface area contributed by atoms with Crippen LogP contribution in [0.5, 0.6) is 0 Å². The molecule has 142 valence electrons. The Morgan fingerprint density at radius 3 is 2.56 bits per heavy atom. The summed E-state index contributed by atoms with van der Waals surface area (Å²) in [6.07, 6.45) is 5.91. The molecule has 2 aromatic rings. The number of nitrogens with one attached hydrogen (secondary N) is 4. The minimum absolute atomic E-state index is 0.0240. The summed E-state index contributed by atoms with van der Waals surface area (Å²) in [6, 6.07) is 10.9. The fraction of sp³-hybridized carbons (Fsp3) is 0.350. The first-order chi connectivity index (χ1) is 13.2. The summed E-state index contributed by atoms with van der Waals surface area (Å²) in [5.41, 5.74) is 2.59. The standard InChI is InChI=1S/C20H25N5O2/c26-19(14-22-11-15-4-5-15)23-13-17-2-1-3-18(10-17)25-20(27)24-12-16-6-8-21-9-7-16/h1-3,6-10,15,22H,4-5,11-14H2,(H,23,26)(H2,24,25,27). The lowest BCUT2D eigenvalue weighted by atomic mass is 10.2. The van der Waals surface area contributed by atoms with Crippen molar-refractivity contribution in [1.29, 1.82) is 0 Å². The van der Waals surface area contributed by atoms with E-state index in [1.807, 2.05) is 36.4 Å². The zero-order valence-corrected chi connectivity index (χ0v) is 15.2. The SMILES string of the molecule is O=C(CNCC1CC1)NCc1cccc(NC(=O)NCc2ccncc2)c1. The molecule has 4 N–H and O–H groups in total. The van der Waals surface area contributed by atoms with Crippen LogP contribution in [0.4, 0.5) is 10.5 Å². The largest absolute Gasteiger partial charge is 0.351 e. The van der Waals surface area contributed by atoms with Crippen LogP contribution in [0.1, 0.15) is 24.0 Å². The van der Waals surface area contributed by atoms with Crippen LogP contribution in [0.2, 0.25) is 0 Å². The maximum atomic E-state index is 12.0. The predicted molar refractivity (Wildman–Crippen MR) is 104 cm³/mol. The van der Waals surface area contributed by atoms with Crippen molar-refractivity contribution in [1.82, 2.24) is 20.9 Å². The van der Waals surface area contributed by atoms with Crippen LogP contribution in [0.25, 0.3) is 0 Å². The minimum atomic E-state index is -0.280. The number of nitrogens with zero attached hydrogens (tertiary/aromatic N) is 1. The lowest BCUT2D eigenvalue weighted by Crippen LogP contribution is -2.34. The fourth-order valence-corrected chi connectivity index (χ4v) is 2.59. The molecule has 7 heteroatoms. The Morgan fingerprint density at radius 1 is 1.00 bits per heavy atom. The third-order valence-electron chi connectivity index (χ3n) is 4.29. The molecule has 7 nitrogen and oxygen atoms in total. The number of rotatable bonds is 9. The monoisotopic (exact) mass is 367 g/mol. The van der Waals surface area contributed by atoms with Crippen LogP contribution >= 0.6 is 0 Å². The van der Waals surface area contributed by atoms with Gasteiger partial charge in [-0.05, 0) is 60.7 Å². The van der Waals surface area contributed by atoms with E-state index >= 15 is 0 Å². The predicted octanol–water partition coefficient (Wildman–Crippen LogP) is 2.02. The molecule has 1 aromatic carbocycles. The first-order valence-corrected chi connectivity index (χ1v) is 9.19. The van der Waals surface area contributed by atoms with Crippen LogP contribution in [0.3, 0.4) is 0 Å². The average molecular weight is 367 g/mol. The molecule has 0 aliphatic heterocycles. The van der Waals surface area contributed by atoms with Crippen LogP contribution in [-0.2, 0) is 17.9 Å². The zero-order valence-electron chi connectivity index (χ0n) is 15.2. The van der Waals surface area contributed by atoms with Gasteiger partial charge in [0, 0.05) is 31.2 Å². The van der Waals surface area contributed by atoms with E-state index in [1.165, 1.54) is 12.8 Å². The van der Waals surface area contributed by atoms with Crippen molar-refractivity contribution in [2.75, 3.05) is 18.4 Å². The van der Waals surface area contributed by atoms with E-state index in [9.17, 15) is 9.59 Å². The van der Waals surface area contributed by atoms with Gasteiger partial charge in [-0.25, -0.2) is 4.79 Å². The van der Waals surface area contributed by atoms with Crippen molar-refractivity contribution in [3.8, 4) is 0 Å². The summed E-state index contributed by atoms with van der Waals surface area (Å²) in [4.78, 5) is 27.8. The topological polar surface area (TPSA) is 95.2 Å². The van der Waals surface area contributed by atoms with E-state index in [2.05, 4.69) is 26.3 Å². The number of amides is 3. The summed E-state index contributed by atoms with van der Waals surface area (Å²) in [5.74, 6) is 0.731. The molecule has 1 aromatic heterocycles. The molecule has 1 heterocycles. The van der Waals surface area contributed by atoms with Crippen molar-refractivity contribution in [2.24, 2.45) is 5.92 Å². The quantitative estimate of drug-likeness (QED) is 0.545. The molecule has 0 atom stereocenters. The lowest BCUT2D eigenvalue weighted by Gasteiger charge is -2.10. The van der Waals surface area contributed by atoms with Crippen LogP contribution in [0.15, 0.2) is 48.8 Å². The molecule has 27 heavy (non-hydrogen) atoms. The van der Waals surface area contributed by atoms with Gasteiger partial charge in [0.05, 0.1) is 6.54 Å². The van der Waals surface area contributed by atoms with Crippen molar-refractivity contribution in [3.63, 3.8) is 0 Å². The van der Waals surface area contributed by atoms with Crippen molar-refractivity contribution < 1.29 is 9.59 Å². The summed E-state index contributed by atoms with van der Waals surface area (Å²) in [7, 11) is 0. The first-order valence-electron chi connectivity index (χ1n) is 9.19. The molecule has 3 amide bonds. The Hall–Kier alpha value is -2.93. The average Bonchev–Trinajstić information content (AvgIpc) is 3.50. The maximum absolute atomic E-state index is 12.0. The van der Waals surface area contributed by atoms with Gasteiger partial charge >= 0.3 is 6.03 Å². The lowest BCUT2D eigenvalue weighted by molar-refractivity contribution is -0.120. The third-order valence-corrected chi connectivity index (χ3v) is 4.29. The molecule has 1 aliphatic carbocycles. The second-order valence-electron chi connectivity index (χ2n) is 6.71. The highest BCUT2D eigenvalue weighted by atomic mass is 16.2. The maximum Gasteiger partial charge on any atom is 0.319 e. The van der Waals surface area contributed by atoms with Crippen molar-refractivity contribution in [3.05, 3.63) is 59.9 Å². The van der Waals surface area contributed by atoms with Crippen LogP contribution < -0.4 is 21.3 Å². The van der Waals surface area contributed by atoms with Crippen LogP contribution in [0, 0.1) is 5.92 Å². The molecule has 0 saturated heterocycles. The van der Waals surface area contributed by atoms with E-state index < -0.39 is 0 Å². The molecular formula is C20H25N5O2. The highest BCUT2D eigenvalue weighted by Crippen LogP contribution is 2.27. The Morgan fingerprint density at radius 2 is 1.78 bits per heavy atom. The van der Waals surface area contributed by atoms with Crippen molar-refractivity contribution >= 4 is 17.6 Å². The van der Waals surface area contributed by atoms with Gasteiger partial charge in [-0.2, -0.15) is 0 Å². The molecule has 0 unspecified atom stereocenters. The highest BCUT2D eigenvalue weighted by Gasteiger charge is 2.20. The van der Waals surface area contributed by atoms with Gasteiger partial charge in [-0.15, -0.1) is 0 Å². The number of pyridine rings is 1. The Balaban J connectivity index is 1.39. The summed E-state index contributed by atoms with van der Waals surface area (Å²) in [6.45, 7) is 2.11. The molecule has 1 aliphatic rings. The molecule has 1 saturated carbocycles. The molecular weight excluding hydrogens is 342 g/mol. The number of hydrogen-bond donors (Lipinski definition) is 4. The first kappa shape index (κ1) is 18.8. The summed E-state index contributed by atoms with van der Waals surface area (Å²) < 4.78 is 0. The van der Waals surface area contributed by atoms with Crippen molar-refractivity contribution in [2.45, 2.75) is 25.9 Å². The number of carbonyl (C=O) groups excluding carboxylic acids is 2. The summed E-state index contributed by atoms with van der Waals surface area (Å²) >= 11 is 0. The van der Waals surface area contributed by atoms with E-state index in [0.717, 1.165) is 23.6 Å². The Kier molecular flexibility index (Phi) is 6.76. The fourth-order valence-electron chi connectivity index (χ4n) is 2.59. The molecule has 0 bridgehead atoms. The van der Waals surface area contributed by atoms with E-state index in [1.54, 1.807) is 12.4 Å². The van der Waals surface area contributed by atoms with Gasteiger partial charge in [0.1, 0.15) is 0 Å². The third kappa shape index (κ3) is 7.07. The van der Waals surface area contributed by atoms with E-state index in [0.29, 0.717) is 25.3 Å². The van der Waals surface area contributed by atoms with Crippen LogP contribution in [-0.4, -0.2) is 30.0 Å². The number of benzene rings is 1. The Labute approximate surface area is 159 Å². The molecule has 0 spiro atoms. The van der Waals surface area contributed by atoms with E-state index in [4.69, 9.17) is 0 Å². The smallest absolute Gasteiger partial charge is 0.319 e. The molecule has 0 radical (unpaired) electrons. The second kappa shape index (κ2) is 9.68. The van der Waals surface area contributed by atoms with Gasteiger partial charge in [-0.1, -0.05) is 12.1 Å². The minimum Gasteiger partial charge on any atom is -0.351 e. The normalized spacial score (nSPS) is 13.0. The summed E-state index contributed by atoms with van der Waals surface area (Å²) in [5, 5.41) is 11.7. The molecule has 1 fully saturated rings. The van der Waals surface area contributed by atoms with Gasteiger partial charge in [0.15, 0.2) is 0 Å². The Bertz CT molecular complexity index is 762.